The lowest BCUT2D eigenvalue weighted by Crippen LogP contribution is -2.43. The standard InChI is InChI=1S/C11H23NO3S/c1-2-3-6-15-10-11(13)9-12-4-7-16(14)8-5-12/h11,13H,2-10H2,1H3. The molecule has 1 N–H and O–H groups in total. The van der Waals surface area contributed by atoms with Crippen LogP contribution in [0.3, 0.4) is 0 Å². The summed E-state index contributed by atoms with van der Waals surface area (Å²) in [6.45, 7) is 5.57. The molecule has 0 aromatic heterocycles. The Morgan fingerprint density at radius 2 is 2.12 bits per heavy atom. The van der Waals surface area contributed by atoms with E-state index in [-0.39, 0.29) is 0 Å². The van der Waals surface area contributed by atoms with Gasteiger partial charge in [-0.15, -0.1) is 0 Å². The van der Waals surface area contributed by atoms with Crippen LogP contribution in [0.25, 0.3) is 0 Å². The molecule has 96 valence electrons. The third-order valence-corrected chi connectivity index (χ3v) is 3.97. The van der Waals surface area contributed by atoms with Crippen LogP contribution in [-0.4, -0.2) is 64.7 Å². The normalized spacial score (nSPS) is 21.1. The maximum absolute atomic E-state index is 11.1. The fourth-order valence-corrected chi connectivity index (χ4v) is 2.80. The Bertz CT molecular complexity index is 203. The lowest BCUT2D eigenvalue weighted by Gasteiger charge is -2.28. The highest BCUT2D eigenvalue weighted by molar-refractivity contribution is 7.85. The zero-order valence-electron chi connectivity index (χ0n) is 10.1. The molecule has 0 saturated carbocycles. The number of β-amino-alcohol motifs (C(OH)–C–C–N with tert-alkyl or cyclic N) is 1. The summed E-state index contributed by atoms with van der Waals surface area (Å²) in [5.74, 6) is 1.48. The molecule has 4 nitrogen and oxygen atoms in total. The Balaban J connectivity index is 2.04. The molecule has 1 aliphatic rings. The third-order valence-electron chi connectivity index (χ3n) is 2.69. The summed E-state index contributed by atoms with van der Waals surface area (Å²) in [4.78, 5) is 2.16. The summed E-state index contributed by atoms with van der Waals surface area (Å²) in [6, 6.07) is 0. The fourth-order valence-electron chi connectivity index (χ4n) is 1.67. The second kappa shape index (κ2) is 8.17. The number of hydrogen-bond donors (Lipinski definition) is 1. The summed E-state index contributed by atoms with van der Waals surface area (Å²) >= 11 is 0. The second-order valence-corrected chi connectivity index (χ2v) is 5.93. The van der Waals surface area contributed by atoms with Gasteiger partial charge in [0.1, 0.15) is 0 Å². The molecule has 0 aliphatic carbocycles. The molecule has 0 bridgehead atoms. The molecule has 1 fully saturated rings. The molecule has 1 saturated heterocycles. The lowest BCUT2D eigenvalue weighted by atomic mass is 10.3. The van der Waals surface area contributed by atoms with Crippen LogP contribution >= 0.6 is 0 Å². The van der Waals surface area contributed by atoms with Gasteiger partial charge in [0.25, 0.3) is 0 Å². The molecule has 0 aromatic rings. The first-order valence-corrected chi connectivity index (χ1v) is 7.54. The lowest BCUT2D eigenvalue weighted by molar-refractivity contribution is 0.0173. The number of unbranched alkanes of at least 4 members (excludes halogenated alkanes) is 1. The predicted molar refractivity (Wildman–Crippen MR) is 66.1 cm³/mol. The van der Waals surface area contributed by atoms with E-state index in [0.29, 0.717) is 13.2 Å². The number of aliphatic hydroxyl groups is 1. The van der Waals surface area contributed by atoms with Crippen molar-refractivity contribution in [3.63, 3.8) is 0 Å². The Labute approximate surface area is 100 Å². The van der Waals surface area contributed by atoms with Crippen LogP contribution in [0.1, 0.15) is 19.8 Å². The molecule has 0 radical (unpaired) electrons. The molecule has 16 heavy (non-hydrogen) atoms. The van der Waals surface area contributed by atoms with Gasteiger partial charge < -0.3 is 9.84 Å². The van der Waals surface area contributed by atoms with E-state index in [1.54, 1.807) is 0 Å². The highest BCUT2D eigenvalue weighted by atomic mass is 32.2. The van der Waals surface area contributed by atoms with Gasteiger partial charge in [-0.05, 0) is 6.42 Å². The number of rotatable bonds is 7. The number of ether oxygens (including phenoxy) is 1. The third kappa shape index (κ3) is 5.94. The zero-order valence-corrected chi connectivity index (χ0v) is 10.9. The molecule has 1 atom stereocenters. The van der Waals surface area contributed by atoms with Gasteiger partial charge >= 0.3 is 0 Å². The van der Waals surface area contributed by atoms with Gasteiger partial charge in [-0.2, -0.15) is 0 Å². The van der Waals surface area contributed by atoms with Crippen molar-refractivity contribution in [1.29, 1.82) is 0 Å². The van der Waals surface area contributed by atoms with Crippen molar-refractivity contribution in [2.45, 2.75) is 25.9 Å². The van der Waals surface area contributed by atoms with Gasteiger partial charge in [0.15, 0.2) is 0 Å². The van der Waals surface area contributed by atoms with E-state index >= 15 is 0 Å². The molecule has 0 aromatic carbocycles. The zero-order chi connectivity index (χ0) is 11.8. The summed E-state index contributed by atoms with van der Waals surface area (Å²) in [7, 11) is -0.638. The summed E-state index contributed by atoms with van der Waals surface area (Å²) in [5, 5.41) is 9.72. The number of hydrogen-bond acceptors (Lipinski definition) is 4. The maximum Gasteiger partial charge on any atom is 0.0900 e. The summed E-state index contributed by atoms with van der Waals surface area (Å²) in [6.07, 6.45) is 1.76. The highest BCUT2D eigenvalue weighted by Crippen LogP contribution is 2.01. The quantitative estimate of drug-likeness (QED) is 0.656. The molecule has 0 spiro atoms. The van der Waals surface area contributed by atoms with Gasteiger partial charge in [0.2, 0.25) is 0 Å². The number of aliphatic hydroxyl groups excluding tert-OH is 1. The molecule has 1 heterocycles. The molecular weight excluding hydrogens is 226 g/mol. The molecular formula is C11H23NO3S. The van der Waals surface area contributed by atoms with Gasteiger partial charge in [0.05, 0.1) is 12.7 Å². The van der Waals surface area contributed by atoms with E-state index in [9.17, 15) is 9.32 Å². The minimum absolute atomic E-state index is 0.414. The predicted octanol–water partition coefficient (Wildman–Crippen LogP) is 0.228. The van der Waals surface area contributed by atoms with Crippen LogP contribution in [0.2, 0.25) is 0 Å². The van der Waals surface area contributed by atoms with Crippen molar-refractivity contribution in [1.82, 2.24) is 4.90 Å². The molecule has 1 rings (SSSR count). The largest absolute Gasteiger partial charge is 0.389 e. The highest BCUT2D eigenvalue weighted by Gasteiger charge is 2.17. The first-order valence-electron chi connectivity index (χ1n) is 6.05. The smallest absolute Gasteiger partial charge is 0.0900 e. The van der Waals surface area contributed by atoms with E-state index in [1.807, 2.05) is 0 Å². The monoisotopic (exact) mass is 249 g/mol. The minimum Gasteiger partial charge on any atom is -0.389 e. The molecule has 1 unspecified atom stereocenters. The van der Waals surface area contributed by atoms with Crippen LogP contribution in [0.15, 0.2) is 0 Å². The van der Waals surface area contributed by atoms with Crippen molar-refractivity contribution in [3.05, 3.63) is 0 Å². The van der Waals surface area contributed by atoms with E-state index in [2.05, 4.69) is 11.8 Å². The molecule has 5 heteroatoms. The van der Waals surface area contributed by atoms with Crippen molar-refractivity contribution in [2.75, 3.05) is 44.4 Å². The van der Waals surface area contributed by atoms with Gasteiger partial charge in [0, 0.05) is 48.5 Å². The summed E-state index contributed by atoms with van der Waals surface area (Å²) in [5.41, 5.74) is 0. The molecule has 1 aliphatic heterocycles. The minimum atomic E-state index is -0.638. The SMILES string of the molecule is CCCCOCC(O)CN1CCS(=O)CC1. The fraction of sp³-hybridized carbons (Fsp3) is 1.00. The van der Waals surface area contributed by atoms with Crippen molar-refractivity contribution < 1.29 is 14.1 Å². The Hall–Kier alpha value is 0.0300. The Kier molecular flexibility index (Phi) is 7.20. The van der Waals surface area contributed by atoms with Gasteiger partial charge in [-0.3, -0.25) is 9.11 Å². The first-order chi connectivity index (χ1) is 7.72. The van der Waals surface area contributed by atoms with Crippen LogP contribution in [-0.2, 0) is 15.5 Å². The Morgan fingerprint density at radius 1 is 1.44 bits per heavy atom. The van der Waals surface area contributed by atoms with Gasteiger partial charge in [-0.25, -0.2) is 0 Å². The van der Waals surface area contributed by atoms with Crippen molar-refractivity contribution >= 4 is 10.8 Å². The van der Waals surface area contributed by atoms with Crippen molar-refractivity contribution in [2.24, 2.45) is 0 Å². The van der Waals surface area contributed by atoms with Crippen LogP contribution < -0.4 is 0 Å². The first kappa shape index (κ1) is 14.1. The van der Waals surface area contributed by atoms with E-state index in [1.165, 1.54) is 0 Å². The second-order valence-electron chi connectivity index (χ2n) is 4.23. The topological polar surface area (TPSA) is 49.8 Å². The van der Waals surface area contributed by atoms with Crippen LogP contribution in [0.4, 0.5) is 0 Å². The average molecular weight is 249 g/mol. The Morgan fingerprint density at radius 3 is 2.75 bits per heavy atom. The van der Waals surface area contributed by atoms with Crippen molar-refractivity contribution in [3.8, 4) is 0 Å². The molecule has 0 amide bonds. The van der Waals surface area contributed by atoms with E-state index in [0.717, 1.165) is 44.0 Å². The van der Waals surface area contributed by atoms with E-state index < -0.39 is 16.9 Å². The maximum atomic E-state index is 11.1. The van der Waals surface area contributed by atoms with Gasteiger partial charge in [-0.1, -0.05) is 13.3 Å². The average Bonchev–Trinajstić information content (AvgIpc) is 2.28. The van der Waals surface area contributed by atoms with Crippen LogP contribution in [0.5, 0.6) is 0 Å². The summed E-state index contributed by atoms with van der Waals surface area (Å²) < 4.78 is 16.5. The van der Waals surface area contributed by atoms with E-state index in [4.69, 9.17) is 4.74 Å². The van der Waals surface area contributed by atoms with Crippen LogP contribution in [0, 0.1) is 0 Å². The number of nitrogens with zero attached hydrogens (tertiary/aromatic N) is 1.